The molecule has 5 nitrogen and oxygen atoms in total. The van der Waals surface area contributed by atoms with Crippen molar-refractivity contribution in [3.63, 3.8) is 0 Å². The Labute approximate surface area is 157 Å². The number of fused-ring (bicyclic) bond motifs is 1. The second-order valence-corrected chi connectivity index (χ2v) is 6.53. The average molecular weight is 368 g/mol. The Morgan fingerprint density at radius 3 is 2.37 bits per heavy atom. The third-order valence-electron chi connectivity index (χ3n) is 4.77. The highest BCUT2D eigenvalue weighted by Crippen LogP contribution is 2.31. The predicted molar refractivity (Wildman–Crippen MR) is 102 cm³/mol. The van der Waals surface area contributed by atoms with Crippen molar-refractivity contribution in [2.45, 2.75) is 0 Å². The van der Waals surface area contributed by atoms with Crippen molar-refractivity contribution in [1.29, 1.82) is 0 Å². The lowest BCUT2D eigenvalue weighted by atomic mass is 10.1. The van der Waals surface area contributed by atoms with Crippen LogP contribution < -0.4 is 14.4 Å². The third kappa shape index (κ3) is 4.05. The van der Waals surface area contributed by atoms with Crippen molar-refractivity contribution in [1.82, 2.24) is 4.90 Å². The first kappa shape index (κ1) is 17.4. The number of ether oxygens (including phenoxy) is 2. The van der Waals surface area contributed by atoms with Crippen molar-refractivity contribution in [2.24, 2.45) is 0 Å². The van der Waals surface area contributed by atoms with E-state index in [0.717, 1.165) is 30.1 Å². The molecule has 0 spiro atoms. The maximum Gasteiger partial charge on any atom is 0.246 e. The molecule has 27 heavy (non-hydrogen) atoms. The first-order valence-electron chi connectivity index (χ1n) is 9.06. The summed E-state index contributed by atoms with van der Waals surface area (Å²) in [7, 11) is 0. The molecule has 1 saturated heterocycles. The number of benzene rings is 2. The minimum atomic E-state index is -0.239. The monoisotopic (exact) mass is 368 g/mol. The molecule has 1 amide bonds. The topological polar surface area (TPSA) is 42.0 Å². The van der Waals surface area contributed by atoms with Crippen molar-refractivity contribution < 1.29 is 18.7 Å². The molecule has 2 aliphatic heterocycles. The molecule has 0 atom stereocenters. The molecule has 0 aromatic heterocycles. The lowest BCUT2D eigenvalue weighted by Gasteiger charge is -2.35. The number of amides is 1. The SMILES string of the molecule is O=C(/C=C/c1ccc2c(c1)OCCO2)N1CCN(c2ccc(F)cc2)CC1. The smallest absolute Gasteiger partial charge is 0.246 e. The van der Waals surface area contributed by atoms with Crippen LogP contribution in [0.4, 0.5) is 10.1 Å². The van der Waals surface area contributed by atoms with Gasteiger partial charge in [-0.25, -0.2) is 4.39 Å². The van der Waals surface area contributed by atoms with E-state index >= 15 is 0 Å². The van der Waals surface area contributed by atoms with E-state index in [1.165, 1.54) is 12.1 Å². The van der Waals surface area contributed by atoms with Gasteiger partial charge in [0, 0.05) is 37.9 Å². The number of hydrogen-bond donors (Lipinski definition) is 0. The van der Waals surface area contributed by atoms with Gasteiger partial charge in [-0.2, -0.15) is 0 Å². The molecule has 0 radical (unpaired) electrons. The first-order chi connectivity index (χ1) is 13.2. The van der Waals surface area contributed by atoms with Gasteiger partial charge in [0.05, 0.1) is 0 Å². The highest BCUT2D eigenvalue weighted by Gasteiger charge is 2.20. The van der Waals surface area contributed by atoms with E-state index in [4.69, 9.17) is 9.47 Å². The molecule has 2 aromatic carbocycles. The van der Waals surface area contributed by atoms with E-state index < -0.39 is 0 Å². The number of piperazine rings is 1. The Morgan fingerprint density at radius 2 is 1.63 bits per heavy atom. The van der Waals surface area contributed by atoms with E-state index in [1.54, 1.807) is 24.3 Å². The van der Waals surface area contributed by atoms with Crippen LogP contribution in [0.1, 0.15) is 5.56 Å². The Bertz CT molecular complexity index is 843. The molecule has 2 aromatic rings. The van der Waals surface area contributed by atoms with E-state index in [1.807, 2.05) is 23.1 Å². The van der Waals surface area contributed by atoms with Crippen LogP contribution >= 0.6 is 0 Å². The van der Waals surface area contributed by atoms with Crippen LogP contribution in [0, 0.1) is 5.82 Å². The molecule has 0 saturated carbocycles. The van der Waals surface area contributed by atoms with Crippen LogP contribution in [-0.4, -0.2) is 50.2 Å². The van der Waals surface area contributed by atoms with Gasteiger partial charge >= 0.3 is 0 Å². The number of rotatable bonds is 3. The Hall–Kier alpha value is -3.02. The van der Waals surface area contributed by atoms with Crippen LogP contribution in [0.2, 0.25) is 0 Å². The molecule has 0 aliphatic carbocycles. The number of carbonyl (C=O) groups excluding carboxylic acids is 1. The van der Waals surface area contributed by atoms with Gasteiger partial charge in [0.2, 0.25) is 5.91 Å². The summed E-state index contributed by atoms with van der Waals surface area (Å²) in [6.45, 7) is 3.84. The second kappa shape index (κ2) is 7.70. The molecule has 0 bridgehead atoms. The van der Waals surface area contributed by atoms with E-state index in [2.05, 4.69) is 4.90 Å². The summed E-state index contributed by atoms with van der Waals surface area (Å²) in [5.74, 6) is 1.20. The molecule has 0 unspecified atom stereocenters. The summed E-state index contributed by atoms with van der Waals surface area (Å²) < 4.78 is 24.1. The highest BCUT2D eigenvalue weighted by molar-refractivity contribution is 5.92. The van der Waals surface area contributed by atoms with E-state index in [0.29, 0.717) is 32.1 Å². The van der Waals surface area contributed by atoms with Gasteiger partial charge in [0.25, 0.3) is 0 Å². The fourth-order valence-corrected chi connectivity index (χ4v) is 3.27. The largest absolute Gasteiger partial charge is 0.486 e. The third-order valence-corrected chi connectivity index (χ3v) is 4.77. The average Bonchev–Trinajstić information content (AvgIpc) is 2.72. The van der Waals surface area contributed by atoms with Gasteiger partial charge in [-0.15, -0.1) is 0 Å². The fraction of sp³-hybridized carbons (Fsp3) is 0.286. The molecule has 1 fully saturated rings. The maximum atomic E-state index is 13.0. The van der Waals surface area contributed by atoms with E-state index in [-0.39, 0.29) is 11.7 Å². The zero-order chi connectivity index (χ0) is 18.6. The Morgan fingerprint density at radius 1 is 0.926 bits per heavy atom. The van der Waals surface area contributed by atoms with Gasteiger partial charge < -0.3 is 19.3 Å². The minimum absolute atomic E-state index is 0.0105. The number of carbonyl (C=O) groups is 1. The number of hydrogen-bond acceptors (Lipinski definition) is 4. The molecule has 0 N–H and O–H groups in total. The van der Waals surface area contributed by atoms with Gasteiger partial charge in [0.1, 0.15) is 19.0 Å². The van der Waals surface area contributed by atoms with E-state index in [9.17, 15) is 9.18 Å². The maximum absolute atomic E-state index is 13.0. The summed E-state index contributed by atoms with van der Waals surface area (Å²) in [4.78, 5) is 16.5. The van der Waals surface area contributed by atoms with Crippen molar-refractivity contribution in [2.75, 3.05) is 44.3 Å². The van der Waals surface area contributed by atoms with Gasteiger partial charge in [-0.1, -0.05) is 6.07 Å². The fourth-order valence-electron chi connectivity index (χ4n) is 3.27. The molecular weight excluding hydrogens is 347 g/mol. The lowest BCUT2D eigenvalue weighted by molar-refractivity contribution is -0.126. The van der Waals surface area contributed by atoms with Crippen molar-refractivity contribution in [3.05, 3.63) is 59.9 Å². The number of halogens is 1. The second-order valence-electron chi connectivity index (χ2n) is 6.53. The number of nitrogens with zero attached hydrogens (tertiary/aromatic N) is 2. The zero-order valence-corrected chi connectivity index (χ0v) is 14.9. The Balaban J connectivity index is 1.34. The van der Waals surface area contributed by atoms with Crippen LogP contribution in [0.25, 0.3) is 6.08 Å². The summed E-state index contributed by atoms with van der Waals surface area (Å²) in [6.07, 6.45) is 3.39. The molecule has 140 valence electrons. The normalized spacial score (nSPS) is 16.6. The standard InChI is InChI=1S/C21H21FN2O3/c22-17-3-5-18(6-4-17)23-9-11-24(12-10-23)21(25)8-2-16-1-7-19-20(15-16)27-14-13-26-19/h1-8,15H,9-14H2/b8-2+. The molecular formula is C21H21FN2O3. The molecule has 2 heterocycles. The predicted octanol–water partition coefficient (Wildman–Crippen LogP) is 2.96. The lowest BCUT2D eigenvalue weighted by Crippen LogP contribution is -2.48. The summed E-state index contributed by atoms with van der Waals surface area (Å²) >= 11 is 0. The summed E-state index contributed by atoms with van der Waals surface area (Å²) in [5, 5.41) is 0. The van der Waals surface area contributed by atoms with Gasteiger partial charge in [-0.3, -0.25) is 4.79 Å². The summed E-state index contributed by atoms with van der Waals surface area (Å²) in [5.41, 5.74) is 1.88. The molecule has 4 rings (SSSR count). The van der Waals surface area contributed by atoms with Gasteiger partial charge in [-0.05, 0) is 48.0 Å². The van der Waals surface area contributed by atoms with Crippen molar-refractivity contribution in [3.8, 4) is 11.5 Å². The van der Waals surface area contributed by atoms with Crippen molar-refractivity contribution >= 4 is 17.7 Å². The van der Waals surface area contributed by atoms with Crippen LogP contribution in [0.15, 0.2) is 48.5 Å². The molecule has 2 aliphatic rings. The first-order valence-corrected chi connectivity index (χ1v) is 9.06. The van der Waals surface area contributed by atoms with Gasteiger partial charge in [0.15, 0.2) is 11.5 Å². The Kier molecular flexibility index (Phi) is 4.96. The summed E-state index contributed by atoms with van der Waals surface area (Å²) in [6, 6.07) is 12.1. The zero-order valence-electron chi connectivity index (χ0n) is 14.9. The number of anilines is 1. The minimum Gasteiger partial charge on any atom is -0.486 e. The van der Waals surface area contributed by atoms with Crippen LogP contribution in [-0.2, 0) is 4.79 Å². The highest BCUT2D eigenvalue weighted by atomic mass is 19.1. The quantitative estimate of drug-likeness (QED) is 0.782. The van der Waals surface area contributed by atoms with Crippen LogP contribution in [0.5, 0.6) is 11.5 Å². The molecule has 6 heteroatoms. The van der Waals surface area contributed by atoms with Crippen LogP contribution in [0.3, 0.4) is 0 Å².